The zero-order valence-electron chi connectivity index (χ0n) is 15.5. The van der Waals surface area contributed by atoms with Crippen LogP contribution < -0.4 is 4.72 Å². The number of urea groups is 1. The van der Waals surface area contributed by atoms with E-state index in [1.54, 1.807) is 23.8 Å². The lowest BCUT2D eigenvalue weighted by Gasteiger charge is -2.26. The van der Waals surface area contributed by atoms with Crippen LogP contribution >= 0.6 is 0 Å². The Morgan fingerprint density at radius 2 is 1.81 bits per heavy atom. The van der Waals surface area contributed by atoms with E-state index in [0.717, 1.165) is 14.9 Å². The number of rotatable bonds is 6. The highest BCUT2D eigenvalue weighted by Crippen LogP contribution is 2.30. The van der Waals surface area contributed by atoms with Crippen molar-refractivity contribution < 1.29 is 21.6 Å². The smallest absolute Gasteiger partial charge is 0.245 e. The van der Waals surface area contributed by atoms with E-state index < -0.39 is 32.5 Å². The molecule has 0 saturated heterocycles. The average Bonchev–Trinajstić information content (AvgIpc) is 2.97. The lowest BCUT2D eigenvalue weighted by Crippen LogP contribution is -2.52. The van der Waals surface area contributed by atoms with Crippen molar-refractivity contribution in [3.05, 3.63) is 35.9 Å². The molecule has 10 nitrogen and oxygen atoms in total. The molecule has 0 fully saturated rings. The van der Waals surface area contributed by atoms with E-state index in [0.29, 0.717) is 12.1 Å². The molecule has 1 atom stereocenters. The minimum absolute atomic E-state index is 0.224. The lowest BCUT2D eigenvalue weighted by atomic mass is 10.0. The first kappa shape index (κ1) is 21.3. The molecule has 2 rings (SSSR count). The van der Waals surface area contributed by atoms with Crippen LogP contribution in [-0.4, -0.2) is 62.2 Å². The van der Waals surface area contributed by atoms with Crippen molar-refractivity contribution in [3.63, 3.8) is 0 Å². The summed E-state index contributed by atoms with van der Waals surface area (Å²) in [5, 5.41) is 5.13. The van der Waals surface area contributed by atoms with Gasteiger partial charge in [-0.15, -0.1) is 0 Å². The molecule has 0 aliphatic carbocycles. The summed E-state index contributed by atoms with van der Waals surface area (Å²) >= 11 is 0. The van der Waals surface area contributed by atoms with E-state index in [9.17, 15) is 21.6 Å². The molecule has 0 saturated carbocycles. The molecule has 12 heteroatoms. The van der Waals surface area contributed by atoms with E-state index in [1.807, 2.05) is 18.2 Å². The second-order valence-corrected chi connectivity index (χ2v) is 9.99. The van der Waals surface area contributed by atoms with Gasteiger partial charge in [0.2, 0.25) is 0 Å². The second-order valence-electron chi connectivity index (χ2n) is 6.10. The van der Waals surface area contributed by atoms with Gasteiger partial charge in [0, 0.05) is 32.8 Å². The number of amides is 2. The summed E-state index contributed by atoms with van der Waals surface area (Å²) < 4.78 is 52.3. The quantitative estimate of drug-likeness (QED) is 0.737. The molecule has 1 aromatic rings. The van der Waals surface area contributed by atoms with Crippen molar-refractivity contribution in [2.45, 2.75) is 26.3 Å². The number of hydrazone groups is 1. The SMILES string of the molecule is CCN(S(=O)(=O)NC(=O)N1N=C(C)CC1c1ccccc1)S(=O)(=O)N(C)C. The first-order chi connectivity index (χ1) is 12.5. The van der Waals surface area contributed by atoms with Gasteiger partial charge < -0.3 is 0 Å². The molecule has 0 aromatic heterocycles. The van der Waals surface area contributed by atoms with E-state index in [4.69, 9.17) is 0 Å². The zero-order valence-corrected chi connectivity index (χ0v) is 17.2. The minimum atomic E-state index is -4.64. The molecule has 1 aromatic carbocycles. The van der Waals surface area contributed by atoms with Gasteiger partial charge in [-0.2, -0.15) is 26.2 Å². The number of hydrogen-bond donors (Lipinski definition) is 1. The predicted octanol–water partition coefficient (Wildman–Crippen LogP) is 0.892. The Labute approximate surface area is 159 Å². The summed E-state index contributed by atoms with van der Waals surface area (Å²) in [6.45, 7) is 2.72. The molecule has 1 N–H and O–H groups in total. The van der Waals surface area contributed by atoms with Gasteiger partial charge >= 0.3 is 16.2 Å². The van der Waals surface area contributed by atoms with Crippen LogP contribution in [-0.2, 0) is 20.4 Å². The van der Waals surface area contributed by atoms with Crippen molar-refractivity contribution >= 4 is 32.2 Å². The van der Waals surface area contributed by atoms with Gasteiger partial charge in [0.25, 0.3) is 10.2 Å². The van der Waals surface area contributed by atoms with Crippen LogP contribution in [0, 0.1) is 0 Å². The largest absolute Gasteiger partial charge is 0.353 e. The van der Waals surface area contributed by atoms with Crippen LogP contribution in [0.4, 0.5) is 4.79 Å². The summed E-state index contributed by atoms with van der Waals surface area (Å²) in [4.78, 5) is 12.6. The highest BCUT2D eigenvalue weighted by Gasteiger charge is 2.39. The van der Waals surface area contributed by atoms with Crippen molar-refractivity contribution in [1.29, 1.82) is 0 Å². The Morgan fingerprint density at radius 3 is 2.33 bits per heavy atom. The molecule has 0 radical (unpaired) electrons. The molecule has 0 spiro atoms. The van der Waals surface area contributed by atoms with E-state index in [2.05, 4.69) is 5.10 Å². The first-order valence-corrected chi connectivity index (χ1v) is 11.0. The number of carbonyl (C=O) groups excluding carboxylic acids is 1. The molecule has 27 heavy (non-hydrogen) atoms. The number of nitrogens with one attached hydrogen (secondary N) is 1. The number of carbonyl (C=O) groups is 1. The van der Waals surface area contributed by atoms with Crippen LogP contribution in [0.15, 0.2) is 35.4 Å². The van der Waals surface area contributed by atoms with Gasteiger partial charge in [-0.3, -0.25) is 0 Å². The predicted molar refractivity (Wildman–Crippen MR) is 101 cm³/mol. The fourth-order valence-electron chi connectivity index (χ4n) is 2.63. The molecular formula is C15H23N5O5S2. The molecule has 1 unspecified atom stereocenters. The molecule has 150 valence electrons. The maximum Gasteiger partial charge on any atom is 0.353 e. The van der Waals surface area contributed by atoms with Crippen LogP contribution in [0.2, 0.25) is 0 Å². The Kier molecular flexibility index (Phi) is 6.24. The first-order valence-electron chi connectivity index (χ1n) is 8.16. The third kappa shape index (κ3) is 4.46. The highest BCUT2D eigenvalue weighted by atomic mass is 32.3. The van der Waals surface area contributed by atoms with Gasteiger partial charge in [0.05, 0.1) is 6.04 Å². The van der Waals surface area contributed by atoms with Crippen molar-refractivity contribution in [1.82, 2.24) is 17.7 Å². The molecular weight excluding hydrogens is 394 g/mol. The van der Waals surface area contributed by atoms with Gasteiger partial charge in [-0.25, -0.2) is 14.5 Å². The van der Waals surface area contributed by atoms with E-state index in [1.165, 1.54) is 21.0 Å². The van der Waals surface area contributed by atoms with Crippen molar-refractivity contribution in [2.24, 2.45) is 5.10 Å². The summed E-state index contributed by atoms with van der Waals surface area (Å²) in [7, 11) is -6.52. The Bertz CT molecular complexity index is 929. The standard InChI is InChI=1S/C15H23N5O5S2/c1-5-19(27(24,25)18(3)4)26(22,23)17-15(21)20-14(11-12(2)16-20)13-9-7-6-8-10-13/h6-10,14H,5,11H2,1-4H3,(H,17,21). The maximum atomic E-state index is 12.6. The van der Waals surface area contributed by atoms with Gasteiger partial charge in [0.15, 0.2) is 0 Å². The van der Waals surface area contributed by atoms with Gasteiger partial charge in [-0.05, 0) is 12.5 Å². The van der Waals surface area contributed by atoms with Crippen LogP contribution in [0.1, 0.15) is 31.9 Å². The minimum Gasteiger partial charge on any atom is -0.245 e. The average molecular weight is 418 g/mol. The maximum absolute atomic E-state index is 12.6. The summed E-state index contributed by atoms with van der Waals surface area (Å²) in [5.74, 6) is 0. The number of hydrogen-bond acceptors (Lipinski definition) is 6. The monoisotopic (exact) mass is 417 g/mol. The molecule has 1 aliphatic rings. The lowest BCUT2D eigenvalue weighted by molar-refractivity contribution is 0.192. The molecule has 1 aliphatic heterocycles. The molecule has 2 amide bonds. The summed E-state index contributed by atoms with van der Waals surface area (Å²) in [5.41, 5.74) is 1.45. The zero-order chi connectivity index (χ0) is 20.4. The fourth-order valence-corrected chi connectivity index (χ4v) is 5.58. The molecule has 1 heterocycles. The molecule has 0 bridgehead atoms. The third-order valence-electron chi connectivity index (χ3n) is 3.92. The summed E-state index contributed by atoms with van der Waals surface area (Å²) in [6.07, 6.45) is 0.449. The van der Waals surface area contributed by atoms with E-state index >= 15 is 0 Å². The van der Waals surface area contributed by atoms with Gasteiger partial charge in [0.1, 0.15) is 0 Å². The van der Waals surface area contributed by atoms with Crippen molar-refractivity contribution in [2.75, 3.05) is 20.6 Å². The highest BCUT2D eigenvalue weighted by molar-refractivity contribution is 8.02. The Balaban J connectivity index is 2.29. The van der Waals surface area contributed by atoms with Crippen LogP contribution in [0.5, 0.6) is 0 Å². The normalized spacial score (nSPS) is 18.1. The van der Waals surface area contributed by atoms with Crippen LogP contribution in [0.25, 0.3) is 0 Å². The third-order valence-corrected chi connectivity index (χ3v) is 7.99. The van der Waals surface area contributed by atoms with Crippen molar-refractivity contribution in [3.8, 4) is 0 Å². The summed E-state index contributed by atoms with van der Waals surface area (Å²) in [6, 6.07) is 7.56. The van der Waals surface area contributed by atoms with Gasteiger partial charge in [-0.1, -0.05) is 41.0 Å². The fraction of sp³-hybridized carbons (Fsp3) is 0.467. The Morgan fingerprint density at radius 1 is 1.22 bits per heavy atom. The van der Waals surface area contributed by atoms with E-state index in [-0.39, 0.29) is 10.3 Å². The number of nitrogens with zero attached hydrogens (tertiary/aromatic N) is 4. The second kappa shape index (κ2) is 7.92. The van der Waals surface area contributed by atoms with Crippen LogP contribution in [0.3, 0.4) is 0 Å². The topological polar surface area (TPSA) is 119 Å². The number of benzene rings is 1. The Hall–Kier alpha value is -2.02.